The van der Waals surface area contributed by atoms with Crippen LogP contribution in [0.1, 0.15) is 12.8 Å². The van der Waals surface area contributed by atoms with Crippen LogP contribution in [0.5, 0.6) is 0 Å². The first-order valence-electron chi connectivity index (χ1n) is 5.49. The monoisotopic (exact) mass is 333 g/mol. The second-order valence-electron chi connectivity index (χ2n) is 3.40. The first-order chi connectivity index (χ1) is 10.2. The molecule has 1 unspecified atom stereocenters. The standard InChI is InChI=1S/C6H5OP.2C3H4O4/c7-8-6-4-2-1-3-5-6;2*4-2(5)1-3(6)7/h1-5H;2*1H2,(H,4,5)(H,6,7)/p+1. The van der Waals surface area contributed by atoms with E-state index in [1.54, 1.807) is 0 Å². The Morgan fingerprint density at radius 1 is 0.727 bits per heavy atom. The molecule has 4 N–H and O–H groups in total. The average Bonchev–Trinajstić information content (AvgIpc) is 2.38. The summed E-state index contributed by atoms with van der Waals surface area (Å²) in [7, 11) is -0.320. The zero-order chi connectivity index (χ0) is 17.5. The molecule has 0 radical (unpaired) electrons. The van der Waals surface area contributed by atoms with E-state index in [9.17, 15) is 23.7 Å². The lowest BCUT2D eigenvalue weighted by Gasteiger charge is -1.80. The Morgan fingerprint density at radius 3 is 1.18 bits per heavy atom. The third kappa shape index (κ3) is 19.5. The lowest BCUT2D eigenvalue weighted by molar-refractivity contribution is -0.149. The summed E-state index contributed by atoms with van der Waals surface area (Å²) in [4.78, 5) is 37.7. The van der Waals surface area contributed by atoms with Gasteiger partial charge in [-0.25, -0.2) is 0 Å². The van der Waals surface area contributed by atoms with Gasteiger partial charge in [0.2, 0.25) is 0 Å². The molecule has 1 aromatic rings. The van der Waals surface area contributed by atoms with Crippen LogP contribution >= 0.6 is 8.46 Å². The summed E-state index contributed by atoms with van der Waals surface area (Å²) in [5, 5.41) is 31.7. The summed E-state index contributed by atoms with van der Waals surface area (Å²) in [6.45, 7) is 0. The van der Waals surface area contributed by atoms with Gasteiger partial charge in [-0.1, -0.05) is 22.8 Å². The topological polar surface area (TPSA) is 166 Å². The van der Waals surface area contributed by atoms with Crippen LogP contribution < -0.4 is 5.30 Å². The number of carbonyl (C=O) groups is 4. The summed E-state index contributed by atoms with van der Waals surface area (Å²) in [6.07, 6.45) is -1.61. The first-order valence-corrected chi connectivity index (χ1v) is 6.40. The van der Waals surface area contributed by atoms with Gasteiger partial charge < -0.3 is 20.4 Å². The maximum Gasteiger partial charge on any atom is 0.363 e. The average molecular weight is 333 g/mol. The molecule has 0 heterocycles. The third-order valence-corrected chi connectivity index (χ3v) is 2.07. The molecular formula is C12H14O9P+. The number of aliphatic carboxylic acids is 4. The van der Waals surface area contributed by atoms with Crippen molar-refractivity contribution in [3.05, 3.63) is 30.3 Å². The van der Waals surface area contributed by atoms with Gasteiger partial charge in [0.25, 0.3) is 0 Å². The Labute approximate surface area is 126 Å². The van der Waals surface area contributed by atoms with E-state index in [0.29, 0.717) is 0 Å². The summed E-state index contributed by atoms with van der Waals surface area (Å²) < 4.78 is 10.2. The molecule has 10 heteroatoms. The van der Waals surface area contributed by atoms with Gasteiger partial charge in [0.15, 0.2) is 5.30 Å². The number of carboxylic acid groups (broad SMARTS) is 4. The number of benzene rings is 1. The summed E-state index contributed by atoms with van der Waals surface area (Å²) in [5.41, 5.74) is 0. The molecule has 0 saturated carbocycles. The largest absolute Gasteiger partial charge is 0.481 e. The minimum Gasteiger partial charge on any atom is -0.481 e. The normalized spacial score (nSPS) is 8.55. The fraction of sp³-hybridized carbons (Fsp3) is 0.167. The predicted molar refractivity (Wildman–Crippen MR) is 74.9 cm³/mol. The molecule has 22 heavy (non-hydrogen) atoms. The maximum absolute atomic E-state index is 10.2. The second kappa shape index (κ2) is 13.2. The number of carboxylic acids is 4. The second-order valence-corrected chi connectivity index (χ2v) is 4.18. The van der Waals surface area contributed by atoms with E-state index in [1.807, 2.05) is 30.3 Å². The van der Waals surface area contributed by atoms with Crippen molar-refractivity contribution in [2.24, 2.45) is 0 Å². The van der Waals surface area contributed by atoms with Crippen LogP contribution in [-0.2, 0) is 23.7 Å². The highest BCUT2D eigenvalue weighted by atomic mass is 31.1. The highest BCUT2D eigenvalue weighted by Crippen LogP contribution is 1.92. The molecule has 9 nitrogen and oxygen atoms in total. The number of rotatable bonds is 5. The molecule has 1 rings (SSSR count). The van der Waals surface area contributed by atoms with Crippen molar-refractivity contribution < 1.29 is 44.2 Å². The minimum atomic E-state index is -1.31. The van der Waals surface area contributed by atoms with Gasteiger partial charge >= 0.3 is 32.3 Å². The molecule has 1 aromatic carbocycles. The highest BCUT2D eigenvalue weighted by Gasteiger charge is 2.02. The zero-order valence-electron chi connectivity index (χ0n) is 11.1. The Kier molecular flexibility index (Phi) is 12.9. The van der Waals surface area contributed by atoms with E-state index in [4.69, 9.17) is 20.4 Å². The molecule has 0 bridgehead atoms. The zero-order valence-corrected chi connectivity index (χ0v) is 12.1. The van der Waals surface area contributed by atoms with Crippen LogP contribution in [0.15, 0.2) is 30.3 Å². The molecule has 0 spiro atoms. The van der Waals surface area contributed by atoms with Gasteiger partial charge in [0.05, 0.1) is 0 Å². The Morgan fingerprint density at radius 2 is 1.05 bits per heavy atom. The van der Waals surface area contributed by atoms with Gasteiger partial charge in [0, 0.05) is 0 Å². The van der Waals surface area contributed by atoms with Crippen LogP contribution in [-0.4, -0.2) is 44.3 Å². The third-order valence-electron chi connectivity index (χ3n) is 1.50. The molecule has 0 saturated heterocycles. The summed E-state index contributed by atoms with van der Waals surface area (Å²) >= 11 is 0. The lowest BCUT2D eigenvalue weighted by Crippen LogP contribution is -2.03. The van der Waals surface area contributed by atoms with Crippen molar-refractivity contribution in [1.82, 2.24) is 0 Å². The van der Waals surface area contributed by atoms with Crippen molar-refractivity contribution in [2.45, 2.75) is 12.8 Å². The predicted octanol–water partition coefficient (Wildman–Crippen LogP) is 0.427. The molecule has 0 aliphatic heterocycles. The van der Waals surface area contributed by atoms with Crippen molar-refractivity contribution in [2.75, 3.05) is 0 Å². The number of hydrogen-bond acceptors (Lipinski definition) is 5. The molecule has 0 aliphatic rings. The van der Waals surface area contributed by atoms with E-state index in [0.717, 1.165) is 5.30 Å². The summed E-state index contributed by atoms with van der Waals surface area (Å²) in [6, 6.07) is 9.33. The van der Waals surface area contributed by atoms with Crippen LogP contribution in [0, 0.1) is 0 Å². The molecule has 1 atom stereocenters. The van der Waals surface area contributed by atoms with Gasteiger partial charge in [0.1, 0.15) is 12.8 Å². The van der Waals surface area contributed by atoms with Crippen LogP contribution in [0.4, 0.5) is 0 Å². The van der Waals surface area contributed by atoms with E-state index < -0.39 is 36.7 Å². The molecule has 0 amide bonds. The molecule has 120 valence electrons. The summed E-state index contributed by atoms with van der Waals surface area (Å²) in [5.74, 6) is -5.25. The van der Waals surface area contributed by atoms with Gasteiger partial charge in [-0.15, -0.1) is 0 Å². The van der Waals surface area contributed by atoms with Crippen LogP contribution in [0.3, 0.4) is 0 Å². The number of hydrogen-bond donors (Lipinski definition) is 4. The Bertz CT molecular complexity index is 463. The Hall–Kier alpha value is -2.80. The maximum atomic E-state index is 10.2. The molecule has 0 aromatic heterocycles. The quantitative estimate of drug-likeness (QED) is 0.441. The van der Waals surface area contributed by atoms with Gasteiger partial charge in [-0.05, 0) is 12.1 Å². The first kappa shape index (κ1) is 21.5. The van der Waals surface area contributed by atoms with Gasteiger partial charge in [-0.2, -0.15) is 0 Å². The van der Waals surface area contributed by atoms with Crippen molar-refractivity contribution in [3.63, 3.8) is 0 Å². The Balaban J connectivity index is 0. The molecular weight excluding hydrogens is 319 g/mol. The lowest BCUT2D eigenvalue weighted by atomic mass is 10.4. The highest BCUT2D eigenvalue weighted by molar-refractivity contribution is 7.34. The molecule has 0 fully saturated rings. The van der Waals surface area contributed by atoms with E-state index in [2.05, 4.69) is 0 Å². The van der Waals surface area contributed by atoms with E-state index in [1.165, 1.54) is 0 Å². The smallest absolute Gasteiger partial charge is 0.363 e. The van der Waals surface area contributed by atoms with Crippen LogP contribution in [0.2, 0.25) is 0 Å². The van der Waals surface area contributed by atoms with Crippen molar-refractivity contribution in [3.8, 4) is 0 Å². The SMILES string of the molecule is O=C(O)CC(=O)O.O=C(O)CC(=O)O.O=[PH+]c1ccccc1. The van der Waals surface area contributed by atoms with Crippen LogP contribution in [0.25, 0.3) is 0 Å². The van der Waals surface area contributed by atoms with E-state index in [-0.39, 0.29) is 8.46 Å². The fourth-order valence-corrected chi connectivity index (χ4v) is 1.09. The fourth-order valence-electron chi connectivity index (χ4n) is 0.765. The minimum absolute atomic E-state index is 0.320. The van der Waals surface area contributed by atoms with Crippen molar-refractivity contribution >= 4 is 37.6 Å². The van der Waals surface area contributed by atoms with E-state index >= 15 is 0 Å². The van der Waals surface area contributed by atoms with Gasteiger partial charge in [-0.3, -0.25) is 19.2 Å². The van der Waals surface area contributed by atoms with Crippen molar-refractivity contribution in [1.29, 1.82) is 0 Å². The molecule has 0 aliphatic carbocycles.